The first-order chi connectivity index (χ1) is 30.5. The minimum atomic E-state index is -4.26. The molecule has 0 bridgehead atoms. The Hall–Kier alpha value is -4.10. The number of benzene rings is 6. The van der Waals surface area contributed by atoms with E-state index in [4.69, 9.17) is 0 Å². The Morgan fingerprint density at radius 1 is 0.406 bits per heavy atom. The zero-order valence-electron chi connectivity index (χ0n) is 40.6. The first-order valence-corrected chi connectivity index (χ1v) is 38.3. The molecule has 0 nitrogen and oxygen atoms in total. The summed E-state index contributed by atoms with van der Waals surface area (Å²) in [6, 6.07) is 39.2. The molecule has 0 spiro atoms. The molecular formula is C62H70SiZr. The van der Waals surface area contributed by atoms with Gasteiger partial charge in [0.2, 0.25) is 0 Å². The summed E-state index contributed by atoms with van der Waals surface area (Å²) in [6.45, 7) is 20.8. The summed E-state index contributed by atoms with van der Waals surface area (Å²) in [4.78, 5) is 0. The van der Waals surface area contributed by atoms with Gasteiger partial charge in [0.1, 0.15) is 0 Å². The number of hydrogen-bond acceptors (Lipinski definition) is 0. The van der Waals surface area contributed by atoms with Crippen molar-refractivity contribution >= 4 is 19.0 Å². The molecule has 0 heterocycles. The molecule has 10 rings (SSSR count). The van der Waals surface area contributed by atoms with Crippen LogP contribution in [-0.2, 0) is 17.4 Å². The van der Waals surface area contributed by atoms with Gasteiger partial charge in [-0.1, -0.05) is 0 Å². The fourth-order valence-electron chi connectivity index (χ4n) is 13.4. The molecule has 6 aromatic carbocycles. The molecule has 0 N–H and O–H groups in total. The van der Waals surface area contributed by atoms with E-state index in [0.29, 0.717) is 7.25 Å². The van der Waals surface area contributed by atoms with Gasteiger partial charge in [-0.05, 0) is 0 Å². The third-order valence-corrected chi connectivity index (χ3v) is 33.5. The van der Waals surface area contributed by atoms with Crippen LogP contribution in [0.15, 0.2) is 108 Å². The van der Waals surface area contributed by atoms with Crippen LogP contribution in [0.25, 0.3) is 56.7 Å². The monoisotopic (exact) mass is 932 g/mol. The van der Waals surface area contributed by atoms with Crippen molar-refractivity contribution in [3.63, 3.8) is 0 Å². The molecule has 326 valence electrons. The third kappa shape index (κ3) is 7.91. The summed E-state index contributed by atoms with van der Waals surface area (Å²) in [5.74, 6) is 1.57. The molecule has 2 saturated carbocycles. The average Bonchev–Trinajstić information content (AvgIpc) is 3.76. The van der Waals surface area contributed by atoms with E-state index in [1.54, 1.807) is 22.3 Å². The minimum absolute atomic E-state index is 0.426. The normalized spacial score (nSPS) is 18.6. The molecule has 2 heteroatoms. The van der Waals surface area contributed by atoms with E-state index in [1.165, 1.54) is 152 Å². The van der Waals surface area contributed by atoms with E-state index in [1.807, 2.05) is 0 Å². The number of hydrogen-bond donors (Lipinski definition) is 0. The van der Waals surface area contributed by atoms with E-state index in [9.17, 15) is 0 Å². The number of allylic oxidation sites excluding steroid dienone is 2. The quantitative estimate of drug-likeness (QED) is 0.120. The van der Waals surface area contributed by atoms with Crippen LogP contribution in [0.4, 0.5) is 0 Å². The van der Waals surface area contributed by atoms with Gasteiger partial charge in [0, 0.05) is 0 Å². The Bertz CT molecular complexity index is 2750. The van der Waals surface area contributed by atoms with Gasteiger partial charge in [0.05, 0.1) is 0 Å². The predicted molar refractivity (Wildman–Crippen MR) is 278 cm³/mol. The van der Waals surface area contributed by atoms with Gasteiger partial charge in [-0.3, -0.25) is 0 Å². The summed E-state index contributed by atoms with van der Waals surface area (Å²) in [7, 11) is 0. The molecular weight excluding hydrogens is 864 g/mol. The summed E-state index contributed by atoms with van der Waals surface area (Å²) < 4.78 is 6.72. The van der Waals surface area contributed by atoms with Gasteiger partial charge < -0.3 is 0 Å². The van der Waals surface area contributed by atoms with Crippen molar-refractivity contribution in [2.45, 2.75) is 123 Å². The molecule has 0 saturated heterocycles. The predicted octanol–water partition coefficient (Wildman–Crippen LogP) is 17.1. The van der Waals surface area contributed by atoms with Crippen molar-refractivity contribution in [2.24, 2.45) is 11.8 Å². The molecule has 64 heavy (non-hydrogen) atoms. The van der Waals surface area contributed by atoms with Crippen LogP contribution in [0.3, 0.4) is 0 Å². The van der Waals surface area contributed by atoms with Gasteiger partial charge in [-0.2, -0.15) is 0 Å². The van der Waals surface area contributed by atoms with E-state index in [0.717, 1.165) is 11.8 Å². The van der Waals surface area contributed by atoms with E-state index >= 15 is 0 Å². The van der Waals surface area contributed by atoms with Crippen LogP contribution in [0.1, 0.15) is 125 Å². The maximum absolute atomic E-state index is 4.26. The standard InChI is InChI=1S/2C30H31.2CH3.H2Si.Zr/c2*1-19-10-20(2)13-25(12-19)27-8-9-28(26-14-21(3)11-22(4)15-26)30-18-24(17-29(27)30)16-23-6-5-7-23;;;;/h2*8-15,17-18,23H,5-7,16H2,1-4H3;2*1H3;1H2;. The van der Waals surface area contributed by atoms with Gasteiger partial charge in [0.25, 0.3) is 0 Å². The van der Waals surface area contributed by atoms with Gasteiger partial charge in [0.15, 0.2) is 0 Å². The summed E-state index contributed by atoms with van der Waals surface area (Å²) in [5, 5.41) is 0. The zero-order chi connectivity index (χ0) is 44.8. The van der Waals surface area contributed by atoms with E-state index in [2.05, 4.69) is 181 Å². The van der Waals surface area contributed by atoms with Crippen molar-refractivity contribution < 1.29 is 17.4 Å². The van der Waals surface area contributed by atoms with Crippen molar-refractivity contribution in [2.75, 3.05) is 0 Å². The average molecular weight is 935 g/mol. The molecule has 0 radical (unpaired) electrons. The Kier molecular flexibility index (Phi) is 11.2. The summed E-state index contributed by atoms with van der Waals surface area (Å²) in [6.07, 6.45) is 16.3. The maximum atomic E-state index is 2.94. The molecule has 0 amide bonds. The first kappa shape index (κ1) is 43.8. The molecule has 2 fully saturated rings. The summed E-state index contributed by atoms with van der Waals surface area (Å²) in [5.41, 5.74) is 31.9. The van der Waals surface area contributed by atoms with Crippen molar-refractivity contribution in [3.8, 4) is 44.5 Å². The Labute approximate surface area is 388 Å². The Morgan fingerprint density at radius 2 is 0.672 bits per heavy atom. The molecule has 0 aliphatic heterocycles. The van der Waals surface area contributed by atoms with Crippen LogP contribution in [0, 0.1) is 67.2 Å². The summed E-state index contributed by atoms with van der Waals surface area (Å²) >= 11 is -4.26. The molecule has 2 unspecified atom stereocenters. The van der Waals surface area contributed by atoms with Crippen LogP contribution < -0.4 is 0 Å². The SMILES string of the molecule is Cc1cc(C)cc(-c2ccc(-c3cc(C)cc(C)c3)c3c2C=C(CC2CCC2)[CH]3[Zr]([CH3])([CH3])(=[SiH2])[CH]2C(CC3CCC3)=Cc3c(-c4cc(C)cc(C)c4)ccc(-c4cc(C)cc(C)c4)c32)c1. The van der Waals surface area contributed by atoms with E-state index < -0.39 is 17.4 Å². The van der Waals surface area contributed by atoms with E-state index in [-0.39, 0.29) is 0 Å². The van der Waals surface area contributed by atoms with Crippen molar-refractivity contribution in [1.82, 2.24) is 0 Å². The van der Waals surface area contributed by atoms with Crippen molar-refractivity contribution in [1.29, 1.82) is 0 Å². The molecule has 2 atom stereocenters. The second-order valence-electron chi connectivity index (χ2n) is 22.7. The molecule has 0 aromatic heterocycles. The van der Waals surface area contributed by atoms with Gasteiger partial charge in [-0.15, -0.1) is 0 Å². The number of rotatable bonds is 10. The van der Waals surface area contributed by atoms with Gasteiger partial charge >= 0.3 is 391 Å². The molecule has 4 aliphatic rings. The zero-order valence-corrected chi connectivity index (χ0v) is 44.4. The van der Waals surface area contributed by atoms with Crippen LogP contribution in [0.2, 0.25) is 9.26 Å². The third-order valence-electron chi connectivity index (χ3n) is 16.1. The topological polar surface area (TPSA) is 0 Å². The van der Waals surface area contributed by atoms with Crippen LogP contribution >= 0.6 is 0 Å². The molecule has 6 aromatic rings. The van der Waals surface area contributed by atoms with Crippen molar-refractivity contribution in [3.05, 3.63) is 175 Å². The number of aryl methyl sites for hydroxylation is 8. The van der Waals surface area contributed by atoms with Crippen LogP contribution in [0.5, 0.6) is 0 Å². The fraction of sp³-hybridized carbons (Fsp3) is 0.355. The van der Waals surface area contributed by atoms with Crippen LogP contribution in [-0.4, -0.2) is 6.88 Å². The second kappa shape index (κ2) is 16.3. The Balaban J connectivity index is 1.29. The van der Waals surface area contributed by atoms with Gasteiger partial charge in [-0.25, -0.2) is 0 Å². The fourth-order valence-corrected chi connectivity index (χ4v) is 32.9. The molecule has 4 aliphatic carbocycles. The second-order valence-corrected chi connectivity index (χ2v) is 53.2. The first-order valence-electron chi connectivity index (χ1n) is 24.6. The number of fused-ring (bicyclic) bond motifs is 2. The Morgan fingerprint density at radius 3 is 0.938 bits per heavy atom.